The van der Waals surface area contributed by atoms with E-state index in [1.807, 2.05) is 60.7 Å². The Morgan fingerprint density at radius 3 is 1.65 bits per heavy atom. The molecule has 0 saturated carbocycles. The maximum absolute atomic E-state index is 6.26. The summed E-state index contributed by atoms with van der Waals surface area (Å²) in [6.45, 7) is 0. The molecule has 0 saturated heterocycles. The van der Waals surface area contributed by atoms with Gasteiger partial charge in [0, 0.05) is 64.7 Å². The molecular weight excluding hydrogens is 717 g/mol. The zero-order valence-corrected chi connectivity index (χ0v) is 31.4. The molecule has 0 N–H and O–H groups in total. The van der Waals surface area contributed by atoms with Crippen molar-refractivity contribution in [1.82, 2.24) is 15.0 Å². The lowest BCUT2D eigenvalue weighted by molar-refractivity contribution is 0.669. The fourth-order valence-electron chi connectivity index (χ4n) is 7.89. The maximum Gasteiger partial charge on any atom is 0.164 e. The van der Waals surface area contributed by atoms with Gasteiger partial charge in [-0.1, -0.05) is 133 Å². The summed E-state index contributed by atoms with van der Waals surface area (Å²) in [5, 5.41) is 4.35. The van der Waals surface area contributed by atoms with Crippen molar-refractivity contribution < 1.29 is 4.42 Å². The summed E-state index contributed by atoms with van der Waals surface area (Å²) in [7, 11) is 0. The molecule has 0 aliphatic rings. The van der Waals surface area contributed by atoms with Crippen LogP contribution in [-0.4, -0.2) is 15.0 Å². The van der Waals surface area contributed by atoms with Gasteiger partial charge in [-0.3, -0.25) is 0 Å². The topological polar surface area (TPSA) is 55.1 Å². The van der Waals surface area contributed by atoms with Crippen LogP contribution in [-0.2, 0) is 0 Å². The summed E-state index contributed by atoms with van der Waals surface area (Å²) in [5.41, 5.74) is 10.1. The first-order chi connectivity index (χ1) is 28.2. The molecular formula is C51H32N4OS. The lowest BCUT2D eigenvalue weighted by Crippen LogP contribution is -2.09. The number of nitrogens with zero attached hydrogens (tertiary/aromatic N) is 4. The molecule has 57 heavy (non-hydrogen) atoms. The Kier molecular flexibility index (Phi) is 7.93. The third kappa shape index (κ3) is 5.82. The van der Waals surface area contributed by atoms with Gasteiger partial charge < -0.3 is 9.32 Å². The second-order valence-electron chi connectivity index (χ2n) is 14.0. The maximum atomic E-state index is 6.26. The monoisotopic (exact) mass is 748 g/mol. The number of fused-ring (bicyclic) bond motifs is 6. The highest BCUT2D eigenvalue weighted by atomic mass is 32.1. The van der Waals surface area contributed by atoms with Crippen LogP contribution >= 0.6 is 11.3 Å². The number of aromatic nitrogens is 3. The van der Waals surface area contributed by atoms with E-state index in [4.69, 9.17) is 19.4 Å². The minimum atomic E-state index is 0.608. The van der Waals surface area contributed by atoms with Crippen molar-refractivity contribution in [3.05, 3.63) is 194 Å². The van der Waals surface area contributed by atoms with Crippen LogP contribution in [0, 0.1) is 0 Å². The molecule has 3 aromatic heterocycles. The molecule has 0 amide bonds. The standard InChI is InChI=1S/C51H32N4OS/c1-4-14-34(15-5-1)49-52-50(41-21-12-24-44-47(41)39-20-10-11-23-43(39)56-44)54-51(53-49)42-22-13-25-45-48(42)40-31-28-35(32-46(40)57-45)33-26-29-38(30-27-33)55(36-16-6-2-7-17-36)37-18-8-3-9-19-37/h1-32H. The van der Waals surface area contributed by atoms with Crippen LogP contribution in [0.4, 0.5) is 17.1 Å². The van der Waals surface area contributed by atoms with E-state index in [0.717, 1.165) is 66.6 Å². The number of benzene rings is 8. The number of anilines is 3. The average Bonchev–Trinajstić information content (AvgIpc) is 3.86. The second kappa shape index (κ2) is 13.7. The molecule has 0 unspecified atom stereocenters. The summed E-state index contributed by atoms with van der Waals surface area (Å²) in [6, 6.07) is 67.4. The highest BCUT2D eigenvalue weighted by molar-refractivity contribution is 7.26. The molecule has 6 heteroatoms. The molecule has 11 aromatic rings. The first-order valence-corrected chi connectivity index (χ1v) is 19.8. The Bertz CT molecular complexity index is 3190. The number of rotatable bonds is 7. The lowest BCUT2D eigenvalue weighted by Gasteiger charge is -2.25. The Morgan fingerprint density at radius 1 is 0.368 bits per heavy atom. The molecule has 0 radical (unpaired) electrons. The number of thiophene rings is 1. The third-order valence-electron chi connectivity index (χ3n) is 10.5. The predicted octanol–water partition coefficient (Wildman–Crippen LogP) is 14.3. The molecule has 11 rings (SSSR count). The van der Waals surface area contributed by atoms with Crippen LogP contribution in [0.3, 0.4) is 0 Å². The van der Waals surface area contributed by atoms with E-state index in [9.17, 15) is 0 Å². The average molecular weight is 749 g/mol. The van der Waals surface area contributed by atoms with Gasteiger partial charge >= 0.3 is 0 Å². The Balaban J connectivity index is 1.02. The molecule has 0 aliphatic carbocycles. The van der Waals surface area contributed by atoms with E-state index in [1.54, 1.807) is 11.3 Å². The minimum absolute atomic E-state index is 0.608. The van der Waals surface area contributed by atoms with Crippen LogP contribution in [0.5, 0.6) is 0 Å². The molecule has 3 heterocycles. The van der Waals surface area contributed by atoms with Crippen molar-refractivity contribution >= 4 is 70.5 Å². The highest BCUT2D eigenvalue weighted by Crippen LogP contribution is 2.43. The smallest absolute Gasteiger partial charge is 0.164 e. The van der Waals surface area contributed by atoms with Gasteiger partial charge in [-0.25, -0.2) is 15.0 Å². The number of hydrogen-bond acceptors (Lipinski definition) is 6. The van der Waals surface area contributed by atoms with Gasteiger partial charge in [0.15, 0.2) is 17.5 Å². The molecule has 0 fully saturated rings. The summed E-state index contributed by atoms with van der Waals surface area (Å²) < 4.78 is 8.65. The summed E-state index contributed by atoms with van der Waals surface area (Å²) in [5.74, 6) is 1.87. The van der Waals surface area contributed by atoms with Crippen LogP contribution in [0.25, 0.3) is 87.4 Å². The number of hydrogen-bond donors (Lipinski definition) is 0. The molecule has 0 spiro atoms. The highest BCUT2D eigenvalue weighted by Gasteiger charge is 2.20. The molecule has 8 aromatic carbocycles. The molecule has 0 aliphatic heterocycles. The van der Waals surface area contributed by atoms with Crippen LogP contribution in [0.15, 0.2) is 199 Å². The van der Waals surface area contributed by atoms with Crippen molar-refractivity contribution in [2.24, 2.45) is 0 Å². The van der Waals surface area contributed by atoms with Gasteiger partial charge in [-0.05, 0) is 71.8 Å². The normalized spacial score (nSPS) is 11.5. The SMILES string of the molecule is c1ccc(-c2nc(-c3cccc4oc5ccccc5c34)nc(-c3cccc4sc5cc(-c6ccc(N(c7ccccc7)c7ccccc7)cc6)ccc5c34)n2)cc1. The van der Waals surface area contributed by atoms with Crippen LogP contribution in [0.2, 0.25) is 0 Å². The molecule has 0 bridgehead atoms. The Hall–Kier alpha value is -7.41. The van der Waals surface area contributed by atoms with Gasteiger partial charge in [0.2, 0.25) is 0 Å². The van der Waals surface area contributed by atoms with Gasteiger partial charge in [0.1, 0.15) is 11.2 Å². The van der Waals surface area contributed by atoms with Gasteiger partial charge in [-0.2, -0.15) is 0 Å². The molecule has 5 nitrogen and oxygen atoms in total. The van der Waals surface area contributed by atoms with Crippen molar-refractivity contribution in [1.29, 1.82) is 0 Å². The van der Waals surface area contributed by atoms with E-state index in [2.05, 4.69) is 138 Å². The van der Waals surface area contributed by atoms with Crippen molar-refractivity contribution in [2.45, 2.75) is 0 Å². The lowest BCUT2D eigenvalue weighted by atomic mass is 10.0. The van der Waals surface area contributed by atoms with Crippen molar-refractivity contribution in [3.8, 4) is 45.3 Å². The third-order valence-corrected chi connectivity index (χ3v) is 11.7. The first-order valence-electron chi connectivity index (χ1n) is 18.9. The van der Waals surface area contributed by atoms with E-state index in [0.29, 0.717) is 17.5 Å². The molecule has 268 valence electrons. The van der Waals surface area contributed by atoms with Gasteiger partial charge in [0.05, 0.1) is 0 Å². The van der Waals surface area contributed by atoms with Crippen LogP contribution in [0.1, 0.15) is 0 Å². The summed E-state index contributed by atoms with van der Waals surface area (Å²) in [4.78, 5) is 17.8. The number of para-hydroxylation sites is 3. The number of furan rings is 1. The van der Waals surface area contributed by atoms with E-state index < -0.39 is 0 Å². The van der Waals surface area contributed by atoms with Crippen molar-refractivity contribution in [2.75, 3.05) is 4.90 Å². The predicted molar refractivity (Wildman–Crippen MR) is 236 cm³/mol. The quantitative estimate of drug-likeness (QED) is 0.162. The van der Waals surface area contributed by atoms with Crippen LogP contribution < -0.4 is 4.90 Å². The van der Waals surface area contributed by atoms with Crippen molar-refractivity contribution in [3.63, 3.8) is 0 Å². The largest absolute Gasteiger partial charge is 0.456 e. The van der Waals surface area contributed by atoms with Gasteiger partial charge in [-0.15, -0.1) is 11.3 Å². The Labute approximate surface area is 332 Å². The fraction of sp³-hybridized carbons (Fsp3) is 0. The second-order valence-corrected chi connectivity index (χ2v) is 15.1. The minimum Gasteiger partial charge on any atom is -0.456 e. The first kappa shape index (κ1) is 33.0. The fourth-order valence-corrected chi connectivity index (χ4v) is 9.06. The summed E-state index contributed by atoms with van der Waals surface area (Å²) in [6.07, 6.45) is 0. The van der Waals surface area contributed by atoms with E-state index in [1.165, 1.54) is 20.3 Å². The zero-order valence-electron chi connectivity index (χ0n) is 30.6. The molecule has 0 atom stereocenters. The van der Waals surface area contributed by atoms with E-state index >= 15 is 0 Å². The Morgan fingerprint density at radius 2 is 0.930 bits per heavy atom. The zero-order chi connectivity index (χ0) is 37.7. The van der Waals surface area contributed by atoms with Gasteiger partial charge in [0.25, 0.3) is 0 Å². The summed E-state index contributed by atoms with van der Waals surface area (Å²) >= 11 is 1.80. The van der Waals surface area contributed by atoms with E-state index in [-0.39, 0.29) is 0 Å².